The highest BCUT2D eigenvalue weighted by atomic mass is 16.7. The SMILES string of the molecule is C=C1N(O/C=C/C(=O)OC)c2ccccc2C1(C)C. The minimum Gasteiger partial charge on any atom is -0.466 e. The van der Waals surface area contributed by atoms with Gasteiger partial charge in [0.15, 0.2) is 0 Å². The minimum atomic E-state index is -0.461. The summed E-state index contributed by atoms with van der Waals surface area (Å²) in [5, 5.41) is 1.63. The zero-order valence-corrected chi connectivity index (χ0v) is 11.3. The molecule has 0 amide bonds. The van der Waals surface area contributed by atoms with Crippen LogP contribution < -0.4 is 5.06 Å². The number of hydrogen-bond acceptors (Lipinski definition) is 4. The van der Waals surface area contributed by atoms with E-state index >= 15 is 0 Å². The van der Waals surface area contributed by atoms with Crippen molar-refractivity contribution in [2.75, 3.05) is 12.2 Å². The second-order valence-corrected chi connectivity index (χ2v) is 4.81. The van der Waals surface area contributed by atoms with Crippen LogP contribution in [0.25, 0.3) is 0 Å². The van der Waals surface area contributed by atoms with Crippen molar-refractivity contribution in [1.29, 1.82) is 0 Å². The van der Waals surface area contributed by atoms with E-state index in [1.165, 1.54) is 19.4 Å². The van der Waals surface area contributed by atoms with E-state index in [9.17, 15) is 4.79 Å². The lowest BCUT2D eigenvalue weighted by Gasteiger charge is -2.23. The summed E-state index contributed by atoms with van der Waals surface area (Å²) >= 11 is 0. The third-order valence-corrected chi connectivity index (χ3v) is 3.33. The number of para-hydroxylation sites is 1. The number of benzene rings is 1. The number of hydrogen-bond donors (Lipinski definition) is 0. The topological polar surface area (TPSA) is 38.8 Å². The van der Waals surface area contributed by atoms with Crippen LogP contribution in [0.1, 0.15) is 19.4 Å². The first-order chi connectivity index (χ1) is 8.98. The number of methoxy groups -OCH3 is 1. The highest BCUT2D eigenvalue weighted by Crippen LogP contribution is 2.46. The van der Waals surface area contributed by atoms with E-state index in [1.54, 1.807) is 5.06 Å². The van der Waals surface area contributed by atoms with Crippen LogP contribution >= 0.6 is 0 Å². The lowest BCUT2D eigenvalue weighted by molar-refractivity contribution is -0.134. The van der Waals surface area contributed by atoms with Crippen LogP contribution in [-0.4, -0.2) is 13.1 Å². The molecule has 2 rings (SSSR count). The highest BCUT2D eigenvalue weighted by molar-refractivity contribution is 5.81. The Morgan fingerprint density at radius 3 is 2.74 bits per heavy atom. The number of hydroxylamine groups is 1. The van der Waals surface area contributed by atoms with Crippen molar-refractivity contribution in [2.45, 2.75) is 19.3 Å². The Balaban J connectivity index is 2.26. The molecule has 0 atom stereocenters. The van der Waals surface area contributed by atoms with Gasteiger partial charge >= 0.3 is 5.97 Å². The van der Waals surface area contributed by atoms with Gasteiger partial charge in [0.1, 0.15) is 6.26 Å². The van der Waals surface area contributed by atoms with E-state index in [2.05, 4.69) is 25.2 Å². The molecule has 0 saturated carbocycles. The average molecular weight is 259 g/mol. The van der Waals surface area contributed by atoms with E-state index in [1.807, 2.05) is 24.3 Å². The van der Waals surface area contributed by atoms with Crippen LogP contribution in [0.15, 0.2) is 48.9 Å². The number of rotatable bonds is 3. The van der Waals surface area contributed by atoms with Crippen LogP contribution in [0, 0.1) is 0 Å². The molecule has 4 nitrogen and oxygen atoms in total. The zero-order chi connectivity index (χ0) is 14.0. The molecule has 0 N–H and O–H groups in total. The summed E-state index contributed by atoms with van der Waals surface area (Å²) in [6.07, 6.45) is 2.52. The third-order valence-electron chi connectivity index (χ3n) is 3.33. The number of esters is 1. The fraction of sp³-hybridized carbons (Fsp3) is 0.267. The van der Waals surface area contributed by atoms with E-state index < -0.39 is 5.97 Å². The number of anilines is 1. The van der Waals surface area contributed by atoms with Gasteiger partial charge in [0.2, 0.25) is 0 Å². The second-order valence-electron chi connectivity index (χ2n) is 4.81. The maximum absolute atomic E-state index is 11.0. The third kappa shape index (κ3) is 2.21. The Labute approximate surface area is 112 Å². The summed E-state index contributed by atoms with van der Waals surface area (Å²) in [5.41, 5.74) is 2.71. The number of carbonyl (C=O) groups excluding carboxylic acids is 1. The molecular weight excluding hydrogens is 242 g/mol. The van der Waals surface area contributed by atoms with Crippen molar-refractivity contribution in [1.82, 2.24) is 0 Å². The van der Waals surface area contributed by atoms with Crippen LogP contribution in [-0.2, 0) is 19.8 Å². The molecule has 0 saturated heterocycles. The number of nitrogens with zero attached hydrogens (tertiary/aromatic N) is 1. The smallest absolute Gasteiger partial charge is 0.333 e. The van der Waals surface area contributed by atoms with E-state index in [4.69, 9.17) is 4.84 Å². The van der Waals surface area contributed by atoms with Gasteiger partial charge in [0.05, 0.1) is 24.6 Å². The Morgan fingerprint density at radius 1 is 1.37 bits per heavy atom. The van der Waals surface area contributed by atoms with Crippen LogP contribution in [0.2, 0.25) is 0 Å². The summed E-state index contributed by atoms with van der Waals surface area (Å²) in [6.45, 7) is 8.24. The summed E-state index contributed by atoms with van der Waals surface area (Å²) in [7, 11) is 1.32. The maximum Gasteiger partial charge on any atom is 0.333 e. The van der Waals surface area contributed by atoms with E-state index in [0.717, 1.165) is 16.9 Å². The number of allylic oxidation sites excluding steroid dienone is 1. The van der Waals surface area contributed by atoms with Gasteiger partial charge in [-0.25, -0.2) is 4.79 Å². The molecule has 0 unspecified atom stereocenters. The molecule has 0 bridgehead atoms. The summed E-state index contributed by atoms with van der Waals surface area (Å²) in [5.74, 6) is -0.461. The predicted molar refractivity (Wildman–Crippen MR) is 73.3 cm³/mol. The Kier molecular flexibility index (Phi) is 3.34. The van der Waals surface area contributed by atoms with Crippen LogP contribution in [0.4, 0.5) is 5.69 Å². The molecule has 4 heteroatoms. The molecule has 1 aliphatic rings. The van der Waals surface area contributed by atoms with E-state index in [-0.39, 0.29) is 5.41 Å². The Bertz CT molecular complexity index is 546. The highest BCUT2D eigenvalue weighted by Gasteiger charge is 2.39. The summed E-state index contributed by atoms with van der Waals surface area (Å²) < 4.78 is 4.51. The van der Waals surface area contributed by atoms with Gasteiger partial charge in [-0.1, -0.05) is 38.6 Å². The van der Waals surface area contributed by atoms with E-state index in [0.29, 0.717) is 0 Å². The molecule has 0 spiro atoms. The van der Waals surface area contributed by atoms with Gasteiger partial charge < -0.3 is 9.57 Å². The molecule has 0 aliphatic carbocycles. The number of carbonyl (C=O) groups is 1. The standard InChI is InChI=1S/C15H17NO3/c1-11-15(2,3)12-7-5-6-8-13(12)16(11)19-10-9-14(17)18-4/h5-10H,1H2,2-4H3/b10-9+. The van der Waals surface area contributed by atoms with Crippen LogP contribution in [0.3, 0.4) is 0 Å². The minimum absolute atomic E-state index is 0.199. The lowest BCUT2D eigenvalue weighted by atomic mass is 9.85. The molecule has 19 heavy (non-hydrogen) atoms. The van der Waals surface area contributed by atoms with Gasteiger partial charge in [0, 0.05) is 5.41 Å². The van der Waals surface area contributed by atoms with Crippen LogP contribution in [0.5, 0.6) is 0 Å². The average Bonchev–Trinajstić information content (AvgIpc) is 2.60. The Morgan fingerprint density at radius 2 is 2.05 bits per heavy atom. The predicted octanol–water partition coefficient (Wildman–Crippen LogP) is 2.92. The van der Waals surface area contributed by atoms with Gasteiger partial charge in [-0.3, -0.25) is 0 Å². The van der Waals surface area contributed by atoms with Gasteiger partial charge in [-0.05, 0) is 11.6 Å². The maximum atomic E-state index is 11.0. The first kappa shape index (κ1) is 13.2. The monoisotopic (exact) mass is 259 g/mol. The molecule has 0 aromatic heterocycles. The molecule has 1 aliphatic heterocycles. The Hall–Kier alpha value is -2.23. The summed E-state index contributed by atoms with van der Waals surface area (Å²) in [4.78, 5) is 16.5. The van der Waals surface area contributed by atoms with Gasteiger partial charge in [0.25, 0.3) is 0 Å². The van der Waals surface area contributed by atoms with Crippen molar-refractivity contribution < 1.29 is 14.4 Å². The molecule has 1 aromatic carbocycles. The first-order valence-electron chi connectivity index (χ1n) is 5.98. The number of fused-ring (bicyclic) bond motifs is 1. The van der Waals surface area contributed by atoms with Crippen molar-refractivity contribution in [2.24, 2.45) is 0 Å². The normalized spacial score (nSPS) is 16.6. The fourth-order valence-electron chi connectivity index (χ4n) is 2.07. The lowest BCUT2D eigenvalue weighted by Crippen LogP contribution is -2.23. The fourth-order valence-corrected chi connectivity index (χ4v) is 2.07. The van der Waals surface area contributed by atoms with Crippen molar-refractivity contribution in [3.8, 4) is 0 Å². The molecule has 100 valence electrons. The van der Waals surface area contributed by atoms with Crippen molar-refractivity contribution >= 4 is 11.7 Å². The summed E-state index contributed by atoms with van der Waals surface area (Å²) in [6, 6.07) is 7.94. The zero-order valence-electron chi connectivity index (χ0n) is 11.3. The second kappa shape index (κ2) is 4.80. The largest absolute Gasteiger partial charge is 0.466 e. The molecule has 1 aromatic rings. The molecule has 0 fully saturated rings. The molecular formula is C15H17NO3. The quantitative estimate of drug-likeness (QED) is 0.475. The van der Waals surface area contributed by atoms with Gasteiger partial charge in [-0.2, -0.15) is 5.06 Å². The first-order valence-corrected chi connectivity index (χ1v) is 5.98. The van der Waals surface area contributed by atoms with Gasteiger partial charge in [-0.15, -0.1) is 0 Å². The number of ether oxygens (including phenoxy) is 1. The van der Waals surface area contributed by atoms with Crippen molar-refractivity contribution in [3.05, 3.63) is 54.4 Å². The molecule has 1 heterocycles. The molecule has 0 radical (unpaired) electrons. The van der Waals surface area contributed by atoms with Crippen molar-refractivity contribution in [3.63, 3.8) is 0 Å².